The Kier molecular flexibility index (Phi) is 8.70. The maximum absolute atomic E-state index is 12.4. The second kappa shape index (κ2) is 10.3. The van der Waals surface area contributed by atoms with Crippen molar-refractivity contribution in [2.75, 3.05) is 26.2 Å². The first-order valence-electron chi connectivity index (χ1n) is 8.25. The summed E-state index contributed by atoms with van der Waals surface area (Å²) in [7, 11) is 0. The largest absolute Gasteiger partial charge is 0.341 e. The van der Waals surface area contributed by atoms with Crippen molar-refractivity contribution in [1.82, 2.24) is 9.80 Å². The molecule has 0 unspecified atom stereocenters. The van der Waals surface area contributed by atoms with Gasteiger partial charge in [0.05, 0.1) is 6.54 Å². The van der Waals surface area contributed by atoms with Crippen LogP contribution in [0.4, 0.5) is 0 Å². The molecule has 0 N–H and O–H groups in total. The van der Waals surface area contributed by atoms with Crippen LogP contribution in [0.2, 0.25) is 5.02 Å². The van der Waals surface area contributed by atoms with Crippen molar-refractivity contribution < 1.29 is 9.59 Å². The van der Waals surface area contributed by atoms with E-state index in [-0.39, 0.29) is 18.4 Å². The molecule has 0 aromatic heterocycles. The summed E-state index contributed by atoms with van der Waals surface area (Å²) in [5, 5.41) is 0.696. The van der Waals surface area contributed by atoms with Gasteiger partial charge >= 0.3 is 0 Å². The number of nitrogens with zero attached hydrogens (tertiary/aromatic N) is 2. The molecule has 2 amide bonds. The van der Waals surface area contributed by atoms with Gasteiger partial charge in [0.15, 0.2) is 0 Å². The van der Waals surface area contributed by atoms with E-state index in [9.17, 15) is 9.59 Å². The van der Waals surface area contributed by atoms with E-state index < -0.39 is 0 Å². The van der Waals surface area contributed by atoms with Crippen LogP contribution in [0, 0.1) is 0 Å². The quantitative estimate of drug-likeness (QED) is 0.692. The van der Waals surface area contributed by atoms with Gasteiger partial charge in [0.1, 0.15) is 0 Å². The van der Waals surface area contributed by atoms with Crippen LogP contribution in [0.3, 0.4) is 0 Å². The molecule has 0 saturated carbocycles. The van der Waals surface area contributed by atoms with Gasteiger partial charge in [-0.3, -0.25) is 9.59 Å². The first-order valence-corrected chi connectivity index (χ1v) is 8.63. The highest BCUT2D eigenvalue weighted by molar-refractivity contribution is 6.30. The van der Waals surface area contributed by atoms with Crippen LogP contribution in [0.5, 0.6) is 0 Å². The molecule has 0 aliphatic carbocycles. The summed E-state index contributed by atoms with van der Waals surface area (Å²) in [5.41, 5.74) is 1.10. The molecule has 0 atom stereocenters. The average molecular weight is 339 g/mol. The molecule has 0 saturated heterocycles. The predicted octanol–water partition coefficient (Wildman–Crippen LogP) is 3.38. The zero-order chi connectivity index (χ0) is 17.2. The average Bonchev–Trinajstić information content (AvgIpc) is 2.52. The zero-order valence-corrected chi connectivity index (χ0v) is 15.1. The normalized spacial score (nSPS) is 10.4. The summed E-state index contributed by atoms with van der Waals surface area (Å²) in [6.07, 6.45) is 2.57. The third-order valence-corrected chi connectivity index (χ3v) is 3.95. The maximum atomic E-state index is 12.4. The Morgan fingerprint density at radius 1 is 0.957 bits per heavy atom. The monoisotopic (exact) mass is 338 g/mol. The van der Waals surface area contributed by atoms with E-state index in [2.05, 4.69) is 13.8 Å². The van der Waals surface area contributed by atoms with Crippen molar-refractivity contribution in [3.63, 3.8) is 0 Å². The predicted molar refractivity (Wildman–Crippen MR) is 94.6 cm³/mol. The van der Waals surface area contributed by atoms with Crippen molar-refractivity contribution >= 4 is 23.4 Å². The van der Waals surface area contributed by atoms with E-state index in [4.69, 9.17) is 11.6 Å². The van der Waals surface area contributed by atoms with Gasteiger partial charge in [-0.25, -0.2) is 0 Å². The zero-order valence-electron chi connectivity index (χ0n) is 14.3. The lowest BCUT2D eigenvalue weighted by Crippen LogP contribution is -2.43. The Balaban J connectivity index is 2.61. The fourth-order valence-electron chi connectivity index (χ4n) is 2.43. The van der Waals surface area contributed by atoms with Crippen LogP contribution in [0.1, 0.15) is 39.2 Å². The minimum atomic E-state index is -0.0692. The number of carbonyl (C=O) groups is 2. The van der Waals surface area contributed by atoms with Gasteiger partial charge in [0.25, 0.3) is 0 Å². The van der Waals surface area contributed by atoms with Crippen molar-refractivity contribution in [1.29, 1.82) is 0 Å². The highest BCUT2D eigenvalue weighted by atomic mass is 35.5. The fraction of sp³-hybridized carbons (Fsp3) is 0.556. The summed E-state index contributed by atoms with van der Waals surface area (Å²) >= 11 is 5.87. The van der Waals surface area contributed by atoms with Crippen molar-refractivity contribution in [3.8, 4) is 0 Å². The molecule has 0 aliphatic rings. The number of hydrogen-bond acceptors (Lipinski definition) is 2. The van der Waals surface area contributed by atoms with Crippen LogP contribution in [0.15, 0.2) is 24.3 Å². The molecule has 0 spiro atoms. The number of rotatable bonds is 9. The summed E-state index contributed by atoms with van der Waals surface area (Å²) in [6.45, 7) is 7.81. The highest BCUT2D eigenvalue weighted by Gasteiger charge is 2.18. The highest BCUT2D eigenvalue weighted by Crippen LogP contribution is 2.10. The lowest BCUT2D eigenvalue weighted by molar-refractivity contribution is -0.139. The Hall–Kier alpha value is -1.55. The van der Waals surface area contributed by atoms with Crippen LogP contribution in [-0.4, -0.2) is 47.8 Å². The van der Waals surface area contributed by atoms with Crippen LogP contribution in [0.25, 0.3) is 0 Å². The van der Waals surface area contributed by atoms with Crippen molar-refractivity contribution in [2.24, 2.45) is 0 Å². The van der Waals surface area contributed by atoms with E-state index >= 15 is 0 Å². The minimum Gasteiger partial charge on any atom is -0.341 e. The first-order chi connectivity index (χ1) is 11.0. The third kappa shape index (κ3) is 7.04. The topological polar surface area (TPSA) is 40.6 Å². The van der Waals surface area contributed by atoms with E-state index in [1.165, 1.54) is 6.92 Å². The second-order valence-electron chi connectivity index (χ2n) is 5.70. The van der Waals surface area contributed by atoms with Crippen molar-refractivity contribution in [3.05, 3.63) is 34.9 Å². The van der Waals surface area contributed by atoms with E-state index in [1.54, 1.807) is 4.90 Å². The van der Waals surface area contributed by atoms with Gasteiger partial charge in [0, 0.05) is 31.6 Å². The Morgan fingerprint density at radius 2 is 1.52 bits per heavy atom. The van der Waals surface area contributed by atoms with Gasteiger partial charge in [-0.15, -0.1) is 0 Å². The van der Waals surface area contributed by atoms with Crippen molar-refractivity contribution in [2.45, 2.75) is 40.0 Å². The molecule has 4 nitrogen and oxygen atoms in total. The summed E-state index contributed by atoms with van der Waals surface area (Å²) in [5.74, 6) is -0.0414. The van der Waals surface area contributed by atoms with E-state index in [0.29, 0.717) is 18.0 Å². The second-order valence-corrected chi connectivity index (χ2v) is 6.13. The molecular weight excluding hydrogens is 312 g/mol. The lowest BCUT2D eigenvalue weighted by atomic mass is 10.1. The van der Waals surface area contributed by atoms with Gasteiger partial charge in [-0.1, -0.05) is 37.6 Å². The van der Waals surface area contributed by atoms with Gasteiger partial charge < -0.3 is 9.80 Å². The fourth-order valence-corrected chi connectivity index (χ4v) is 2.55. The molecule has 0 radical (unpaired) electrons. The van der Waals surface area contributed by atoms with Crippen LogP contribution < -0.4 is 0 Å². The molecule has 1 rings (SSSR count). The first kappa shape index (κ1) is 19.5. The molecule has 23 heavy (non-hydrogen) atoms. The molecule has 128 valence electrons. The van der Waals surface area contributed by atoms with Crippen LogP contribution in [-0.2, 0) is 16.0 Å². The maximum Gasteiger partial charge on any atom is 0.242 e. The van der Waals surface area contributed by atoms with Gasteiger partial charge in [0.2, 0.25) is 11.8 Å². The number of benzene rings is 1. The number of halogens is 1. The lowest BCUT2D eigenvalue weighted by Gasteiger charge is -2.26. The third-order valence-electron chi connectivity index (χ3n) is 3.69. The Labute approximate surface area is 144 Å². The van der Waals surface area contributed by atoms with Gasteiger partial charge in [-0.05, 0) is 37.0 Å². The number of amides is 2. The Morgan fingerprint density at radius 3 is 2.00 bits per heavy atom. The SMILES string of the molecule is CCCN(CCC)C(=O)CN(CCc1ccc(Cl)cc1)C(C)=O. The smallest absolute Gasteiger partial charge is 0.242 e. The summed E-state index contributed by atoms with van der Waals surface area (Å²) < 4.78 is 0. The van der Waals surface area contributed by atoms with E-state index in [1.807, 2.05) is 29.2 Å². The minimum absolute atomic E-state index is 0.0278. The molecule has 0 heterocycles. The molecule has 1 aromatic rings. The Bertz CT molecular complexity index is 496. The van der Waals surface area contributed by atoms with Crippen LogP contribution >= 0.6 is 11.6 Å². The molecule has 0 aliphatic heterocycles. The van der Waals surface area contributed by atoms with Gasteiger partial charge in [-0.2, -0.15) is 0 Å². The number of hydrogen-bond donors (Lipinski definition) is 0. The molecule has 0 fully saturated rings. The molecular formula is C18H27ClN2O2. The molecule has 1 aromatic carbocycles. The molecule has 5 heteroatoms. The van der Waals surface area contributed by atoms with E-state index in [0.717, 1.165) is 31.5 Å². The molecule has 0 bridgehead atoms. The number of carbonyl (C=O) groups excluding carboxylic acids is 2. The standard InChI is InChI=1S/C18H27ClN2O2/c1-4-11-20(12-5-2)18(23)14-21(15(3)22)13-10-16-6-8-17(19)9-7-16/h6-9H,4-5,10-14H2,1-3H3. The summed E-state index contributed by atoms with van der Waals surface area (Å²) in [6, 6.07) is 7.57. The summed E-state index contributed by atoms with van der Waals surface area (Å²) in [4.78, 5) is 27.7.